The SMILES string of the molecule is CCC[Si](C)(C)O[Si](CCC)(O[SiH](C)C)O[Si](C)(C)CC[Si](OC)(OC)OC. The minimum absolute atomic E-state index is 0.751. The lowest BCUT2D eigenvalue weighted by atomic mass is 10.6. The summed E-state index contributed by atoms with van der Waals surface area (Å²) in [5, 5.41) is 0. The number of hydrogen-bond acceptors (Lipinski definition) is 6. The van der Waals surface area contributed by atoms with E-state index >= 15 is 0 Å². The Morgan fingerprint density at radius 1 is 0.607 bits per heavy atom. The zero-order valence-electron chi connectivity index (χ0n) is 20.3. The first-order valence-electron chi connectivity index (χ1n) is 10.6. The Kier molecular flexibility index (Phi) is 13.0. The van der Waals surface area contributed by atoms with E-state index in [0.717, 1.165) is 37.0 Å². The highest BCUT2D eigenvalue weighted by molar-refractivity contribution is 6.88. The monoisotopic (exact) mass is 486 g/mol. The Morgan fingerprint density at radius 2 is 1.04 bits per heavy atom. The van der Waals surface area contributed by atoms with Crippen LogP contribution in [-0.4, -0.2) is 64.6 Å². The molecule has 0 saturated heterocycles. The average Bonchev–Trinajstić information content (AvgIpc) is 2.55. The van der Waals surface area contributed by atoms with Crippen molar-refractivity contribution in [3.05, 3.63) is 0 Å². The summed E-state index contributed by atoms with van der Waals surface area (Å²) in [6.07, 6.45) is 2.15. The Labute approximate surface area is 180 Å². The van der Waals surface area contributed by atoms with E-state index in [4.69, 9.17) is 25.6 Å². The van der Waals surface area contributed by atoms with E-state index in [-0.39, 0.29) is 0 Å². The van der Waals surface area contributed by atoms with Crippen molar-refractivity contribution in [2.75, 3.05) is 21.3 Å². The molecular weight excluding hydrogens is 441 g/mol. The van der Waals surface area contributed by atoms with Crippen LogP contribution < -0.4 is 0 Å². The van der Waals surface area contributed by atoms with Crippen LogP contribution in [0.1, 0.15) is 26.7 Å². The maximum absolute atomic E-state index is 6.95. The van der Waals surface area contributed by atoms with Crippen molar-refractivity contribution in [1.82, 2.24) is 0 Å². The molecule has 0 aliphatic carbocycles. The topological polar surface area (TPSA) is 55.4 Å². The molecule has 11 heteroatoms. The fourth-order valence-corrected chi connectivity index (χ4v) is 23.5. The Balaban J connectivity index is 5.58. The van der Waals surface area contributed by atoms with E-state index in [0.29, 0.717) is 0 Å². The van der Waals surface area contributed by atoms with Gasteiger partial charge in [-0.25, -0.2) is 0 Å². The van der Waals surface area contributed by atoms with Gasteiger partial charge in [0.05, 0.1) is 0 Å². The second-order valence-electron chi connectivity index (χ2n) is 8.87. The molecule has 0 rings (SSSR count). The molecule has 6 nitrogen and oxygen atoms in total. The van der Waals surface area contributed by atoms with Crippen LogP contribution in [0.2, 0.25) is 63.5 Å². The fourth-order valence-electron chi connectivity index (χ4n) is 3.45. The van der Waals surface area contributed by atoms with Gasteiger partial charge in [0.2, 0.25) is 0 Å². The largest absolute Gasteiger partial charge is 0.499 e. The molecule has 0 N–H and O–H groups in total. The molecule has 170 valence electrons. The van der Waals surface area contributed by atoms with Gasteiger partial charge in [-0.15, -0.1) is 0 Å². The first-order valence-corrected chi connectivity index (χ1v) is 23.5. The first kappa shape index (κ1) is 28.8. The zero-order valence-corrected chi connectivity index (χ0v) is 25.4. The van der Waals surface area contributed by atoms with Crippen molar-refractivity contribution < 1.29 is 25.6 Å². The molecule has 0 amide bonds. The predicted octanol–water partition coefficient (Wildman–Crippen LogP) is 5.07. The molecule has 0 radical (unpaired) electrons. The van der Waals surface area contributed by atoms with E-state index in [1.165, 1.54) is 0 Å². The second-order valence-corrected chi connectivity index (χ2v) is 26.5. The molecular formula is C17H46O6Si5. The van der Waals surface area contributed by atoms with Crippen molar-refractivity contribution in [3.63, 3.8) is 0 Å². The highest BCUT2D eigenvalue weighted by Gasteiger charge is 2.50. The summed E-state index contributed by atoms with van der Waals surface area (Å²) < 4.78 is 37.3. The van der Waals surface area contributed by atoms with Crippen molar-refractivity contribution in [2.24, 2.45) is 0 Å². The van der Waals surface area contributed by atoms with Crippen LogP contribution in [0.25, 0.3) is 0 Å². The summed E-state index contributed by atoms with van der Waals surface area (Å²) >= 11 is 0. The van der Waals surface area contributed by atoms with Gasteiger partial charge in [-0.2, -0.15) is 0 Å². The molecule has 0 fully saturated rings. The molecule has 0 aromatic heterocycles. The summed E-state index contributed by atoms with van der Waals surface area (Å²) in [6, 6.07) is 3.68. The van der Waals surface area contributed by atoms with Crippen LogP contribution in [0, 0.1) is 0 Å². The molecule has 1 unspecified atom stereocenters. The van der Waals surface area contributed by atoms with E-state index in [1.807, 2.05) is 0 Å². The van der Waals surface area contributed by atoms with Crippen molar-refractivity contribution in [1.29, 1.82) is 0 Å². The maximum atomic E-state index is 6.95. The van der Waals surface area contributed by atoms with Gasteiger partial charge in [0.1, 0.15) is 0 Å². The Hall–Kier alpha value is 0.844. The Bertz CT molecular complexity index is 426. The third kappa shape index (κ3) is 10.2. The van der Waals surface area contributed by atoms with Gasteiger partial charge < -0.3 is 25.6 Å². The molecule has 28 heavy (non-hydrogen) atoms. The summed E-state index contributed by atoms with van der Waals surface area (Å²) in [6.45, 7) is 18.0. The number of rotatable bonds is 16. The van der Waals surface area contributed by atoms with Crippen molar-refractivity contribution >= 4 is 43.3 Å². The molecule has 1 atom stereocenters. The Morgan fingerprint density at radius 3 is 1.39 bits per heavy atom. The quantitative estimate of drug-likeness (QED) is 0.284. The highest BCUT2D eigenvalue weighted by Crippen LogP contribution is 2.32. The predicted molar refractivity (Wildman–Crippen MR) is 129 cm³/mol. The van der Waals surface area contributed by atoms with E-state index < -0.39 is 43.3 Å². The molecule has 0 bridgehead atoms. The average molecular weight is 487 g/mol. The highest BCUT2D eigenvalue weighted by atomic mass is 28.5. The lowest BCUT2D eigenvalue weighted by Gasteiger charge is -2.43. The van der Waals surface area contributed by atoms with Crippen LogP contribution in [0.4, 0.5) is 0 Å². The molecule has 0 aliphatic rings. The standard InChI is InChI=1S/C17H46O6Si5/c1-12-14-25(8,9)22-28(15-13-2,21-24(6)7)23-26(10,11)16-17-27(18-3,19-4)20-5/h24H,12-17H2,1-11H3. The molecule has 0 spiro atoms. The van der Waals surface area contributed by atoms with Gasteiger partial charge in [-0.3, -0.25) is 0 Å². The van der Waals surface area contributed by atoms with E-state index in [2.05, 4.69) is 53.1 Å². The molecule has 0 aromatic carbocycles. The molecule has 0 aliphatic heterocycles. The molecule has 0 saturated carbocycles. The smallest absolute Gasteiger partial charge is 0.420 e. The summed E-state index contributed by atoms with van der Waals surface area (Å²) in [7, 11) is -5.53. The second kappa shape index (κ2) is 12.6. The molecule has 0 heterocycles. The summed E-state index contributed by atoms with van der Waals surface area (Å²) in [4.78, 5) is 0. The van der Waals surface area contributed by atoms with Crippen LogP contribution in [-0.2, 0) is 25.6 Å². The van der Waals surface area contributed by atoms with E-state index in [9.17, 15) is 0 Å². The van der Waals surface area contributed by atoms with Gasteiger partial charge in [0.15, 0.2) is 25.7 Å². The zero-order chi connectivity index (χ0) is 22.1. The minimum Gasteiger partial charge on any atom is -0.420 e. The summed E-state index contributed by atoms with van der Waals surface area (Å²) in [5.74, 6) is 0. The third-order valence-corrected chi connectivity index (χ3v) is 22.4. The van der Waals surface area contributed by atoms with E-state index in [1.54, 1.807) is 21.3 Å². The van der Waals surface area contributed by atoms with Crippen LogP contribution in [0.15, 0.2) is 0 Å². The minimum atomic E-state index is -2.72. The van der Waals surface area contributed by atoms with Crippen molar-refractivity contribution in [2.45, 2.75) is 90.1 Å². The molecule has 0 aromatic rings. The number of hydrogen-bond donors (Lipinski definition) is 0. The normalized spacial score (nSPS) is 15.9. The van der Waals surface area contributed by atoms with Gasteiger partial charge >= 0.3 is 17.6 Å². The van der Waals surface area contributed by atoms with Gasteiger partial charge in [0.25, 0.3) is 0 Å². The lowest BCUT2D eigenvalue weighted by Crippen LogP contribution is -2.59. The third-order valence-electron chi connectivity index (χ3n) is 4.65. The maximum Gasteiger partial charge on any atom is 0.499 e. The summed E-state index contributed by atoms with van der Waals surface area (Å²) in [5.41, 5.74) is 0. The first-order chi connectivity index (χ1) is 12.8. The van der Waals surface area contributed by atoms with Crippen molar-refractivity contribution in [3.8, 4) is 0 Å². The van der Waals surface area contributed by atoms with Gasteiger partial charge in [-0.05, 0) is 51.4 Å². The lowest BCUT2D eigenvalue weighted by molar-refractivity contribution is 0.124. The van der Waals surface area contributed by atoms with Gasteiger partial charge in [0, 0.05) is 33.4 Å². The van der Waals surface area contributed by atoms with Crippen LogP contribution >= 0.6 is 0 Å². The van der Waals surface area contributed by atoms with Crippen LogP contribution in [0.3, 0.4) is 0 Å². The van der Waals surface area contributed by atoms with Crippen LogP contribution in [0.5, 0.6) is 0 Å². The van der Waals surface area contributed by atoms with Gasteiger partial charge in [-0.1, -0.05) is 26.7 Å². The fraction of sp³-hybridized carbons (Fsp3) is 1.00.